The molecule has 3 heterocycles. The third-order valence-electron chi connectivity index (χ3n) is 4.70. The quantitative estimate of drug-likeness (QED) is 0.719. The summed E-state index contributed by atoms with van der Waals surface area (Å²) in [5.74, 6) is 2.04. The lowest BCUT2D eigenvalue weighted by Crippen LogP contribution is -2.20. The molecule has 2 aromatic heterocycles. The van der Waals surface area contributed by atoms with Gasteiger partial charge in [0.05, 0.1) is 11.4 Å². The van der Waals surface area contributed by atoms with Gasteiger partial charge in [0.15, 0.2) is 0 Å². The highest BCUT2D eigenvalue weighted by atomic mass is 16.5. The average Bonchev–Trinajstić information content (AvgIpc) is 2.72. The Bertz CT molecular complexity index is 926. The molecule has 1 aromatic carbocycles. The first kappa shape index (κ1) is 17.3. The fraction of sp³-hybridized carbons (Fsp3) is 0.286. The molecule has 6 heteroatoms. The van der Waals surface area contributed by atoms with Gasteiger partial charge in [0.1, 0.15) is 24.5 Å². The van der Waals surface area contributed by atoms with Gasteiger partial charge in [-0.15, -0.1) is 0 Å². The van der Waals surface area contributed by atoms with Crippen LogP contribution in [0.1, 0.15) is 24.1 Å². The fourth-order valence-corrected chi connectivity index (χ4v) is 3.18. The molecule has 4 rings (SSSR count). The summed E-state index contributed by atoms with van der Waals surface area (Å²) in [6.45, 7) is 6.46. The summed E-state index contributed by atoms with van der Waals surface area (Å²) < 4.78 is 5.89. The molecule has 0 radical (unpaired) electrons. The molecule has 27 heavy (non-hydrogen) atoms. The number of nitrogens with zero attached hydrogens (tertiary/aromatic N) is 3. The minimum absolute atomic E-state index is 0.277. The Morgan fingerprint density at radius 1 is 1.19 bits per heavy atom. The summed E-state index contributed by atoms with van der Waals surface area (Å²) >= 11 is 0. The molecule has 1 aliphatic heterocycles. The smallest absolute Gasteiger partial charge is 0.146 e. The SMILES string of the molecule is Cc1ccc(-c2cc(NC[C@@H](C)c3cccc4c3OCCN4)ncn2)cn1. The predicted molar refractivity (Wildman–Crippen MR) is 107 cm³/mol. The van der Waals surface area contributed by atoms with E-state index in [9.17, 15) is 0 Å². The Labute approximate surface area is 159 Å². The Hall–Kier alpha value is -3.15. The van der Waals surface area contributed by atoms with Crippen LogP contribution in [0.3, 0.4) is 0 Å². The first-order chi connectivity index (χ1) is 13.2. The maximum absolute atomic E-state index is 5.89. The van der Waals surface area contributed by atoms with E-state index >= 15 is 0 Å². The molecule has 0 unspecified atom stereocenters. The zero-order valence-corrected chi connectivity index (χ0v) is 15.6. The lowest BCUT2D eigenvalue weighted by Gasteiger charge is -2.24. The van der Waals surface area contributed by atoms with Crippen molar-refractivity contribution in [3.63, 3.8) is 0 Å². The minimum atomic E-state index is 0.277. The second kappa shape index (κ2) is 7.61. The van der Waals surface area contributed by atoms with Crippen LogP contribution >= 0.6 is 0 Å². The van der Waals surface area contributed by atoms with Crippen LogP contribution in [-0.2, 0) is 0 Å². The van der Waals surface area contributed by atoms with Gasteiger partial charge < -0.3 is 15.4 Å². The number of aryl methyl sites for hydroxylation is 1. The van der Waals surface area contributed by atoms with Gasteiger partial charge in [0.25, 0.3) is 0 Å². The first-order valence-electron chi connectivity index (χ1n) is 9.19. The number of para-hydroxylation sites is 1. The molecule has 3 aromatic rings. The number of anilines is 2. The van der Waals surface area contributed by atoms with Crippen molar-refractivity contribution in [2.45, 2.75) is 19.8 Å². The molecule has 0 aliphatic carbocycles. The Morgan fingerprint density at radius 3 is 2.96 bits per heavy atom. The molecule has 1 aliphatic rings. The maximum atomic E-state index is 5.89. The van der Waals surface area contributed by atoms with Crippen molar-refractivity contribution in [1.82, 2.24) is 15.0 Å². The largest absolute Gasteiger partial charge is 0.489 e. The van der Waals surface area contributed by atoms with Gasteiger partial charge in [0, 0.05) is 48.1 Å². The average molecular weight is 361 g/mol. The van der Waals surface area contributed by atoms with Gasteiger partial charge in [-0.3, -0.25) is 4.98 Å². The molecular weight excluding hydrogens is 338 g/mol. The van der Waals surface area contributed by atoms with Crippen molar-refractivity contribution >= 4 is 11.5 Å². The van der Waals surface area contributed by atoms with E-state index in [1.54, 1.807) is 6.33 Å². The Morgan fingerprint density at radius 2 is 2.11 bits per heavy atom. The van der Waals surface area contributed by atoms with Gasteiger partial charge in [-0.1, -0.05) is 19.1 Å². The van der Waals surface area contributed by atoms with Crippen molar-refractivity contribution < 1.29 is 4.74 Å². The summed E-state index contributed by atoms with van der Waals surface area (Å²) in [6, 6.07) is 12.2. The third kappa shape index (κ3) is 3.84. The van der Waals surface area contributed by atoms with Crippen LogP contribution in [0.5, 0.6) is 5.75 Å². The van der Waals surface area contributed by atoms with Crippen molar-refractivity contribution in [1.29, 1.82) is 0 Å². The number of hydrogen-bond acceptors (Lipinski definition) is 6. The van der Waals surface area contributed by atoms with Crippen LogP contribution in [0.2, 0.25) is 0 Å². The summed E-state index contributed by atoms with van der Waals surface area (Å²) in [7, 11) is 0. The lowest BCUT2D eigenvalue weighted by atomic mass is 9.98. The van der Waals surface area contributed by atoms with Crippen LogP contribution < -0.4 is 15.4 Å². The van der Waals surface area contributed by atoms with Crippen molar-refractivity contribution in [2.24, 2.45) is 0 Å². The molecule has 0 saturated carbocycles. The normalized spacial score (nSPS) is 13.9. The summed E-state index contributed by atoms with van der Waals surface area (Å²) in [5.41, 5.74) is 5.10. The predicted octanol–water partition coefficient (Wildman–Crippen LogP) is 3.87. The molecule has 0 bridgehead atoms. The summed E-state index contributed by atoms with van der Waals surface area (Å²) in [4.78, 5) is 13.1. The van der Waals surface area contributed by atoms with E-state index in [4.69, 9.17) is 4.74 Å². The first-order valence-corrected chi connectivity index (χ1v) is 9.19. The molecule has 0 amide bonds. The molecule has 0 saturated heterocycles. The van der Waals surface area contributed by atoms with E-state index in [2.05, 4.69) is 50.7 Å². The van der Waals surface area contributed by atoms with E-state index in [-0.39, 0.29) is 5.92 Å². The van der Waals surface area contributed by atoms with Crippen LogP contribution in [-0.4, -0.2) is 34.6 Å². The van der Waals surface area contributed by atoms with E-state index in [1.165, 1.54) is 5.56 Å². The standard InChI is InChI=1S/C21H23N5O/c1-14(17-4-3-5-18-21(17)27-9-8-22-18)11-24-20-10-19(25-13-26-20)16-7-6-15(2)23-12-16/h3-7,10,12-14,22H,8-9,11H2,1-2H3,(H,24,25,26)/t14-/m1/s1. The van der Waals surface area contributed by atoms with Gasteiger partial charge in [0.2, 0.25) is 0 Å². The highest BCUT2D eigenvalue weighted by Crippen LogP contribution is 2.35. The monoisotopic (exact) mass is 361 g/mol. The molecule has 0 fully saturated rings. The van der Waals surface area contributed by atoms with Crippen LogP contribution in [0.4, 0.5) is 11.5 Å². The highest BCUT2D eigenvalue weighted by molar-refractivity contribution is 5.63. The number of pyridine rings is 1. The molecular formula is C21H23N5O. The van der Waals surface area contributed by atoms with Gasteiger partial charge in [-0.2, -0.15) is 0 Å². The molecule has 138 valence electrons. The lowest BCUT2D eigenvalue weighted by molar-refractivity contribution is 0.318. The van der Waals surface area contributed by atoms with Crippen molar-refractivity contribution in [2.75, 3.05) is 30.3 Å². The number of benzene rings is 1. The Balaban J connectivity index is 1.48. The third-order valence-corrected chi connectivity index (χ3v) is 4.70. The van der Waals surface area contributed by atoms with Crippen molar-refractivity contribution in [3.8, 4) is 17.0 Å². The fourth-order valence-electron chi connectivity index (χ4n) is 3.18. The second-order valence-corrected chi connectivity index (χ2v) is 6.76. The molecule has 0 spiro atoms. The number of fused-ring (bicyclic) bond motifs is 1. The second-order valence-electron chi connectivity index (χ2n) is 6.76. The number of ether oxygens (including phenoxy) is 1. The van der Waals surface area contributed by atoms with Crippen LogP contribution in [0.25, 0.3) is 11.3 Å². The molecule has 1 atom stereocenters. The van der Waals surface area contributed by atoms with Gasteiger partial charge >= 0.3 is 0 Å². The van der Waals surface area contributed by atoms with Gasteiger partial charge in [-0.05, 0) is 25.1 Å². The summed E-state index contributed by atoms with van der Waals surface area (Å²) in [5, 5.41) is 6.81. The van der Waals surface area contributed by atoms with Crippen LogP contribution in [0, 0.1) is 6.92 Å². The van der Waals surface area contributed by atoms with E-state index in [1.807, 2.05) is 31.3 Å². The number of rotatable bonds is 5. The molecule has 6 nitrogen and oxygen atoms in total. The van der Waals surface area contributed by atoms with E-state index < -0.39 is 0 Å². The number of nitrogens with one attached hydrogen (secondary N) is 2. The van der Waals surface area contributed by atoms with Crippen molar-refractivity contribution in [3.05, 3.63) is 60.2 Å². The van der Waals surface area contributed by atoms with Gasteiger partial charge in [-0.25, -0.2) is 9.97 Å². The van der Waals surface area contributed by atoms with E-state index in [0.29, 0.717) is 6.61 Å². The highest BCUT2D eigenvalue weighted by Gasteiger charge is 2.18. The van der Waals surface area contributed by atoms with Crippen LogP contribution in [0.15, 0.2) is 48.9 Å². The topological polar surface area (TPSA) is 72.0 Å². The zero-order chi connectivity index (χ0) is 18.6. The summed E-state index contributed by atoms with van der Waals surface area (Å²) in [6.07, 6.45) is 3.42. The Kier molecular flexibility index (Phi) is 4.87. The maximum Gasteiger partial charge on any atom is 0.146 e. The molecule has 2 N–H and O–H groups in total. The van der Waals surface area contributed by atoms with E-state index in [0.717, 1.165) is 47.3 Å². The number of aromatic nitrogens is 3. The zero-order valence-electron chi connectivity index (χ0n) is 15.6. The minimum Gasteiger partial charge on any atom is -0.489 e. The number of hydrogen-bond donors (Lipinski definition) is 2.